The Morgan fingerprint density at radius 2 is 1.80 bits per heavy atom. The number of likely N-dealkylation sites (tertiary alicyclic amines) is 1. The van der Waals surface area contributed by atoms with E-state index in [9.17, 15) is 4.79 Å². The average molecular weight is 345 g/mol. The van der Waals surface area contributed by atoms with Crippen LogP contribution in [-0.2, 0) is 13.1 Å². The van der Waals surface area contributed by atoms with Gasteiger partial charge in [-0.1, -0.05) is 31.2 Å². The molecule has 1 heterocycles. The van der Waals surface area contributed by atoms with E-state index in [1.54, 1.807) is 4.90 Å². The number of nitrogens with one attached hydrogen (secondary N) is 1. The zero-order valence-corrected chi connectivity index (χ0v) is 15.3. The molecule has 3 rings (SSSR count). The summed E-state index contributed by atoms with van der Waals surface area (Å²) in [5.41, 5.74) is 2.45. The molecular weight excluding hydrogens is 314 g/mol. The Kier molecular flexibility index (Phi) is 6.32. The lowest BCUT2D eigenvalue weighted by Gasteiger charge is -2.30. The van der Waals surface area contributed by atoms with Gasteiger partial charge in [0.15, 0.2) is 0 Å². The molecule has 0 spiro atoms. The minimum absolute atomic E-state index is 0.0217. The minimum atomic E-state index is -0.0666. The quantitative estimate of drug-likeness (QED) is 0.799. The van der Waals surface area contributed by atoms with Crippen LogP contribution in [0, 0.1) is 5.92 Å². The summed E-state index contributed by atoms with van der Waals surface area (Å²) in [6, 6.07) is 8.81. The Morgan fingerprint density at radius 1 is 1.16 bits per heavy atom. The second kappa shape index (κ2) is 8.68. The smallest absolute Gasteiger partial charge is 0.317 e. The molecule has 1 aliphatic heterocycles. The molecule has 138 valence electrons. The summed E-state index contributed by atoms with van der Waals surface area (Å²) in [7, 11) is 0. The number of nitrogens with zero attached hydrogens (tertiary/aromatic N) is 2. The predicted octanol–water partition coefficient (Wildman–Crippen LogP) is 2.58. The Morgan fingerprint density at radius 3 is 2.40 bits per heavy atom. The predicted molar refractivity (Wildman–Crippen MR) is 99.2 cm³/mol. The largest absolute Gasteiger partial charge is 0.395 e. The number of aliphatic hydroxyl groups is 1. The Balaban J connectivity index is 1.45. The van der Waals surface area contributed by atoms with Gasteiger partial charge < -0.3 is 15.3 Å². The van der Waals surface area contributed by atoms with Crippen LogP contribution >= 0.6 is 0 Å². The van der Waals surface area contributed by atoms with Crippen molar-refractivity contribution in [3.8, 4) is 0 Å². The number of benzene rings is 1. The molecule has 2 N–H and O–H groups in total. The summed E-state index contributed by atoms with van der Waals surface area (Å²) >= 11 is 0. The molecule has 5 heteroatoms. The molecule has 2 aliphatic rings. The van der Waals surface area contributed by atoms with Crippen LogP contribution in [0.2, 0.25) is 0 Å². The maximum atomic E-state index is 12.2. The summed E-state index contributed by atoms with van der Waals surface area (Å²) < 4.78 is 0. The van der Waals surface area contributed by atoms with Crippen LogP contribution < -0.4 is 5.32 Å². The first-order chi connectivity index (χ1) is 12.2. The maximum absolute atomic E-state index is 12.2. The van der Waals surface area contributed by atoms with Gasteiger partial charge in [-0.25, -0.2) is 4.79 Å². The van der Waals surface area contributed by atoms with Gasteiger partial charge in [0.2, 0.25) is 0 Å². The fourth-order valence-electron chi connectivity index (χ4n) is 3.46. The average Bonchev–Trinajstić information content (AvgIpc) is 3.46. The highest BCUT2D eigenvalue weighted by Crippen LogP contribution is 2.26. The zero-order chi connectivity index (χ0) is 17.6. The monoisotopic (exact) mass is 345 g/mol. The van der Waals surface area contributed by atoms with Crippen molar-refractivity contribution in [3.05, 3.63) is 35.4 Å². The highest BCUT2D eigenvalue weighted by atomic mass is 16.3. The lowest BCUT2D eigenvalue weighted by Crippen LogP contribution is -2.42. The molecule has 0 atom stereocenters. The molecule has 0 radical (unpaired) electrons. The van der Waals surface area contributed by atoms with Gasteiger partial charge in [0, 0.05) is 25.7 Å². The van der Waals surface area contributed by atoms with Crippen molar-refractivity contribution in [3.63, 3.8) is 0 Å². The molecule has 1 aliphatic carbocycles. The summed E-state index contributed by atoms with van der Waals surface area (Å²) in [5, 5.41) is 12.1. The number of piperidine rings is 1. The number of amides is 2. The summed E-state index contributed by atoms with van der Waals surface area (Å²) in [5.74, 6) is 0.864. The van der Waals surface area contributed by atoms with E-state index in [-0.39, 0.29) is 12.6 Å². The van der Waals surface area contributed by atoms with Crippen molar-refractivity contribution in [2.24, 2.45) is 5.92 Å². The van der Waals surface area contributed by atoms with Gasteiger partial charge >= 0.3 is 6.03 Å². The molecule has 1 saturated heterocycles. The molecule has 25 heavy (non-hydrogen) atoms. The highest BCUT2D eigenvalue weighted by molar-refractivity contribution is 5.74. The summed E-state index contributed by atoms with van der Waals surface area (Å²) in [6.45, 7) is 6.73. The van der Waals surface area contributed by atoms with Gasteiger partial charge in [0.1, 0.15) is 0 Å². The first-order valence-electron chi connectivity index (χ1n) is 9.61. The van der Waals surface area contributed by atoms with Crippen molar-refractivity contribution < 1.29 is 9.90 Å². The van der Waals surface area contributed by atoms with E-state index in [1.165, 1.54) is 31.5 Å². The van der Waals surface area contributed by atoms with Crippen LogP contribution in [0.15, 0.2) is 24.3 Å². The van der Waals surface area contributed by atoms with Gasteiger partial charge in [0.05, 0.1) is 6.61 Å². The molecule has 0 unspecified atom stereocenters. The highest BCUT2D eigenvalue weighted by Gasteiger charge is 2.31. The van der Waals surface area contributed by atoms with Crippen LogP contribution in [0.5, 0.6) is 0 Å². The van der Waals surface area contributed by atoms with E-state index in [4.69, 9.17) is 5.11 Å². The van der Waals surface area contributed by atoms with E-state index in [2.05, 4.69) is 41.4 Å². The van der Waals surface area contributed by atoms with E-state index < -0.39 is 0 Å². The molecule has 0 bridgehead atoms. The van der Waals surface area contributed by atoms with E-state index in [1.807, 2.05) is 0 Å². The molecule has 1 saturated carbocycles. The summed E-state index contributed by atoms with van der Waals surface area (Å²) in [6.07, 6.45) is 4.71. The summed E-state index contributed by atoms with van der Waals surface area (Å²) in [4.78, 5) is 16.5. The van der Waals surface area contributed by atoms with Crippen LogP contribution in [0.1, 0.15) is 43.7 Å². The molecule has 2 fully saturated rings. The molecular formula is C20H31N3O2. The second-order valence-corrected chi connectivity index (χ2v) is 7.58. The third kappa shape index (κ3) is 5.44. The molecule has 5 nitrogen and oxygen atoms in total. The SMILES string of the molecule is CC1CCN(Cc2ccc(CNC(=O)N(CCO)C3CC3)cc2)CC1. The fourth-order valence-corrected chi connectivity index (χ4v) is 3.46. The van der Waals surface area contributed by atoms with E-state index in [0.29, 0.717) is 19.1 Å². The second-order valence-electron chi connectivity index (χ2n) is 7.58. The van der Waals surface area contributed by atoms with Crippen molar-refractivity contribution in [2.45, 2.75) is 51.7 Å². The van der Waals surface area contributed by atoms with E-state index in [0.717, 1.165) is 30.9 Å². The first kappa shape index (κ1) is 18.2. The number of urea groups is 1. The van der Waals surface area contributed by atoms with E-state index >= 15 is 0 Å². The van der Waals surface area contributed by atoms with Gasteiger partial charge in [-0.15, -0.1) is 0 Å². The van der Waals surface area contributed by atoms with Crippen LogP contribution in [0.4, 0.5) is 4.79 Å². The number of hydrogen-bond acceptors (Lipinski definition) is 3. The number of aliphatic hydroxyl groups excluding tert-OH is 1. The van der Waals surface area contributed by atoms with Crippen molar-refractivity contribution >= 4 is 6.03 Å². The third-order valence-electron chi connectivity index (χ3n) is 5.34. The molecule has 0 aromatic heterocycles. The normalized spacial score (nSPS) is 19.0. The maximum Gasteiger partial charge on any atom is 0.317 e. The minimum Gasteiger partial charge on any atom is -0.395 e. The lowest BCUT2D eigenvalue weighted by atomic mass is 9.99. The standard InChI is InChI=1S/C20H31N3O2/c1-16-8-10-22(11-9-16)15-18-4-2-17(3-5-18)14-21-20(25)23(12-13-24)19-6-7-19/h2-5,16,19,24H,6-15H2,1H3,(H,21,25). The molecule has 1 aromatic rings. The molecule has 2 amide bonds. The number of carbonyl (C=O) groups is 1. The fraction of sp³-hybridized carbons (Fsp3) is 0.650. The number of carbonyl (C=O) groups excluding carboxylic acids is 1. The third-order valence-corrected chi connectivity index (χ3v) is 5.34. The Bertz CT molecular complexity index is 549. The van der Waals surface area contributed by atoms with Gasteiger partial charge in [-0.05, 0) is 55.8 Å². The Labute approximate surface area is 151 Å². The number of hydrogen-bond donors (Lipinski definition) is 2. The lowest BCUT2D eigenvalue weighted by molar-refractivity contribution is 0.173. The van der Waals surface area contributed by atoms with Gasteiger partial charge in [0.25, 0.3) is 0 Å². The van der Waals surface area contributed by atoms with Crippen LogP contribution in [-0.4, -0.2) is 53.2 Å². The topological polar surface area (TPSA) is 55.8 Å². The zero-order valence-electron chi connectivity index (χ0n) is 15.3. The van der Waals surface area contributed by atoms with Gasteiger partial charge in [-0.3, -0.25) is 4.90 Å². The number of rotatable bonds is 7. The van der Waals surface area contributed by atoms with Crippen LogP contribution in [0.25, 0.3) is 0 Å². The van der Waals surface area contributed by atoms with Gasteiger partial charge in [-0.2, -0.15) is 0 Å². The van der Waals surface area contributed by atoms with Crippen molar-refractivity contribution in [1.82, 2.24) is 15.1 Å². The Hall–Kier alpha value is -1.59. The molecule has 1 aromatic carbocycles. The van der Waals surface area contributed by atoms with Crippen molar-refractivity contribution in [1.29, 1.82) is 0 Å². The van der Waals surface area contributed by atoms with Crippen molar-refractivity contribution in [2.75, 3.05) is 26.2 Å². The van der Waals surface area contributed by atoms with Crippen LogP contribution in [0.3, 0.4) is 0 Å². The first-order valence-corrected chi connectivity index (χ1v) is 9.61.